The van der Waals surface area contributed by atoms with Crippen molar-refractivity contribution in [3.63, 3.8) is 0 Å². The highest BCUT2D eigenvalue weighted by Gasteiger charge is 2.12. The zero-order chi connectivity index (χ0) is 11.5. The summed E-state index contributed by atoms with van der Waals surface area (Å²) in [5.74, 6) is 0. The summed E-state index contributed by atoms with van der Waals surface area (Å²) in [6.07, 6.45) is 0.973. The minimum atomic E-state index is -0.647. The van der Waals surface area contributed by atoms with E-state index in [0.29, 0.717) is 5.15 Å². The summed E-state index contributed by atoms with van der Waals surface area (Å²) in [6.45, 7) is 1.91. The molecule has 0 fully saturated rings. The Balaban J connectivity index is 2.38. The van der Waals surface area contributed by atoms with E-state index >= 15 is 0 Å². The Morgan fingerprint density at radius 3 is 2.56 bits per heavy atom. The minimum absolute atomic E-state index is 0.446. The molecular formula is C13H12ClNO. The number of aryl methyl sites for hydroxylation is 1. The van der Waals surface area contributed by atoms with Crippen LogP contribution >= 0.6 is 11.6 Å². The van der Waals surface area contributed by atoms with E-state index in [1.807, 2.05) is 37.3 Å². The summed E-state index contributed by atoms with van der Waals surface area (Å²) in [4.78, 5) is 3.99. The van der Waals surface area contributed by atoms with Gasteiger partial charge < -0.3 is 5.11 Å². The lowest BCUT2D eigenvalue weighted by Gasteiger charge is -2.13. The average molecular weight is 234 g/mol. The van der Waals surface area contributed by atoms with Gasteiger partial charge in [-0.15, -0.1) is 0 Å². The van der Waals surface area contributed by atoms with Crippen LogP contribution in [0.1, 0.15) is 22.8 Å². The fourth-order valence-corrected chi connectivity index (χ4v) is 1.85. The molecule has 0 radical (unpaired) electrons. The molecule has 0 aliphatic carbocycles. The van der Waals surface area contributed by atoms with Gasteiger partial charge in [-0.3, -0.25) is 0 Å². The van der Waals surface area contributed by atoms with E-state index in [-0.39, 0.29) is 0 Å². The van der Waals surface area contributed by atoms with Crippen LogP contribution in [0.15, 0.2) is 42.6 Å². The second-order valence-electron chi connectivity index (χ2n) is 3.68. The molecule has 1 atom stereocenters. The van der Waals surface area contributed by atoms with Crippen molar-refractivity contribution < 1.29 is 5.11 Å². The van der Waals surface area contributed by atoms with Crippen LogP contribution in [0.5, 0.6) is 0 Å². The number of aliphatic hydroxyl groups excluding tert-OH is 1. The number of benzene rings is 1. The molecule has 3 heteroatoms. The molecule has 82 valence electrons. The number of hydrogen-bond acceptors (Lipinski definition) is 2. The molecule has 0 spiro atoms. The second-order valence-corrected chi connectivity index (χ2v) is 4.06. The molecule has 0 saturated heterocycles. The zero-order valence-electron chi connectivity index (χ0n) is 8.89. The fraction of sp³-hybridized carbons (Fsp3) is 0.154. The number of hydrogen-bond donors (Lipinski definition) is 1. The number of nitrogens with zero attached hydrogens (tertiary/aromatic N) is 1. The first-order valence-corrected chi connectivity index (χ1v) is 5.41. The van der Waals surface area contributed by atoms with Crippen molar-refractivity contribution in [3.05, 3.63) is 64.4 Å². The highest BCUT2D eigenvalue weighted by atomic mass is 35.5. The van der Waals surface area contributed by atoms with Crippen LogP contribution in [0.4, 0.5) is 0 Å². The van der Waals surface area contributed by atoms with Gasteiger partial charge >= 0.3 is 0 Å². The molecule has 1 aromatic carbocycles. The van der Waals surface area contributed by atoms with Crippen LogP contribution in [-0.4, -0.2) is 10.1 Å². The maximum absolute atomic E-state index is 10.2. The van der Waals surface area contributed by atoms with Crippen molar-refractivity contribution in [2.45, 2.75) is 13.0 Å². The molecule has 0 amide bonds. The van der Waals surface area contributed by atoms with Crippen LogP contribution in [0.2, 0.25) is 5.15 Å². The van der Waals surface area contributed by atoms with Crippen molar-refractivity contribution in [2.75, 3.05) is 0 Å². The highest BCUT2D eigenvalue weighted by Crippen LogP contribution is 2.24. The number of rotatable bonds is 2. The monoisotopic (exact) mass is 233 g/mol. The summed E-state index contributed by atoms with van der Waals surface area (Å²) in [7, 11) is 0. The number of pyridine rings is 1. The van der Waals surface area contributed by atoms with E-state index in [2.05, 4.69) is 4.98 Å². The Bertz CT molecular complexity index is 485. The molecule has 1 unspecified atom stereocenters. The van der Waals surface area contributed by atoms with Crippen LogP contribution in [0.25, 0.3) is 0 Å². The van der Waals surface area contributed by atoms with Crippen molar-refractivity contribution in [3.8, 4) is 0 Å². The SMILES string of the molecule is Cc1cc(Cl)ncc1C(O)c1ccccc1. The first-order chi connectivity index (χ1) is 7.68. The molecule has 0 aliphatic heterocycles. The molecule has 2 aromatic rings. The molecule has 1 aromatic heterocycles. The highest BCUT2D eigenvalue weighted by molar-refractivity contribution is 6.29. The lowest BCUT2D eigenvalue weighted by molar-refractivity contribution is 0.219. The molecule has 0 bridgehead atoms. The molecule has 2 nitrogen and oxygen atoms in total. The van der Waals surface area contributed by atoms with E-state index in [0.717, 1.165) is 16.7 Å². The second kappa shape index (κ2) is 4.64. The fourth-order valence-electron chi connectivity index (χ4n) is 1.63. The normalized spacial score (nSPS) is 12.4. The zero-order valence-corrected chi connectivity index (χ0v) is 9.65. The van der Waals surface area contributed by atoms with Gasteiger partial charge in [0.1, 0.15) is 11.3 Å². The largest absolute Gasteiger partial charge is 0.384 e. The smallest absolute Gasteiger partial charge is 0.129 e. The van der Waals surface area contributed by atoms with Crippen molar-refractivity contribution in [1.82, 2.24) is 4.98 Å². The molecule has 2 rings (SSSR count). The average Bonchev–Trinajstić information content (AvgIpc) is 2.29. The number of aliphatic hydroxyl groups is 1. The minimum Gasteiger partial charge on any atom is -0.384 e. The Morgan fingerprint density at radius 1 is 1.25 bits per heavy atom. The van der Waals surface area contributed by atoms with Gasteiger partial charge in [0.15, 0.2) is 0 Å². The van der Waals surface area contributed by atoms with Gasteiger partial charge in [0.2, 0.25) is 0 Å². The maximum atomic E-state index is 10.2. The molecule has 16 heavy (non-hydrogen) atoms. The van der Waals surface area contributed by atoms with Gasteiger partial charge in [0, 0.05) is 11.8 Å². The Labute approximate surface area is 99.5 Å². The standard InChI is InChI=1S/C13H12ClNO/c1-9-7-12(14)15-8-11(9)13(16)10-5-3-2-4-6-10/h2-8,13,16H,1H3. The van der Waals surface area contributed by atoms with E-state index in [4.69, 9.17) is 11.6 Å². The third kappa shape index (κ3) is 2.23. The number of aromatic nitrogens is 1. The van der Waals surface area contributed by atoms with Crippen molar-refractivity contribution >= 4 is 11.6 Å². The molecule has 0 aliphatic rings. The van der Waals surface area contributed by atoms with Crippen molar-refractivity contribution in [1.29, 1.82) is 0 Å². The van der Waals surface area contributed by atoms with Crippen molar-refractivity contribution in [2.24, 2.45) is 0 Å². The third-order valence-corrected chi connectivity index (χ3v) is 2.73. The lowest BCUT2D eigenvalue weighted by atomic mass is 10.00. The van der Waals surface area contributed by atoms with Gasteiger partial charge in [-0.25, -0.2) is 4.98 Å². The molecule has 1 heterocycles. The summed E-state index contributed by atoms with van der Waals surface area (Å²) in [5.41, 5.74) is 2.58. The maximum Gasteiger partial charge on any atom is 0.129 e. The Morgan fingerprint density at radius 2 is 1.94 bits per heavy atom. The van der Waals surface area contributed by atoms with E-state index < -0.39 is 6.10 Å². The van der Waals surface area contributed by atoms with Crippen LogP contribution in [0.3, 0.4) is 0 Å². The van der Waals surface area contributed by atoms with E-state index in [9.17, 15) is 5.11 Å². The summed E-state index contributed by atoms with van der Waals surface area (Å²) < 4.78 is 0. The molecule has 0 saturated carbocycles. The quantitative estimate of drug-likeness (QED) is 0.809. The number of halogens is 1. The van der Waals surface area contributed by atoms with Gasteiger partial charge in [-0.05, 0) is 24.1 Å². The Kier molecular flexibility index (Phi) is 3.22. The molecule has 1 N–H and O–H groups in total. The predicted octanol–water partition coefficient (Wildman–Crippen LogP) is 3.13. The van der Waals surface area contributed by atoms with Crippen LogP contribution in [0, 0.1) is 6.92 Å². The third-order valence-electron chi connectivity index (χ3n) is 2.53. The summed E-state index contributed by atoms with van der Waals surface area (Å²) in [6, 6.07) is 11.2. The molecular weight excluding hydrogens is 222 g/mol. The summed E-state index contributed by atoms with van der Waals surface area (Å²) in [5, 5.41) is 10.6. The van der Waals surface area contributed by atoms with E-state index in [1.165, 1.54) is 0 Å². The predicted molar refractivity (Wildman–Crippen MR) is 64.5 cm³/mol. The van der Waals surface area contributed by atoms with Gasteiger partial charge in [-0.2, -0.15) is 0 Å². The first kappa shape index (κ1) is 11.1. The van der Waals surface area contributed by atoms with Crippen LogP contribution in [-0.2, 0) is 0 Å². The van der Waals surface area contributed by atoms with Gasteiger partial charge in [0.05, 0.1) is 0 Å². The van der Waals surface area contributed by atoms with Gasteiger partial charge in [-0.1, -0.05) is 41.9 Å². The summed E-state index contributed by atoms with van der Waals surface area (Å²) >= 11 is 5.77. The topological polar surface area (TPSA) is 33.1 Å². The van der Waals surface area contributed by atoms with E-state index in [1.54, 1.807) is 12.3 Å². The lowest BCUT2D eigenvalue weighted by Crippen LogP contribution is -2.02. The first-order valence-electron chi connectivity index (χ1n) is 5.03. The van der Waals surface area contributed by atoms with Gasteiger partial charge in [0.25, 0.3) is 0 Å². The van der Waals surface area contributed by atoms with Crippen LogP contribution < -0.4 is 0 Å². The Hall–Kier alpha value is -1.38.